The van der Waals surface area contributed by atoms with Crippen LogP contribution in [0.5, 0.6) is 11.5 Å². The van der Waals surface area contributed by atoms with Gasteiger partial charge in [0.25, 0.3) is 0 Å². The van der Waals surface area contributed by atoms with Gasteiger partial charge in [0.2, 0.25) is 0 Å². The maximum absolute atomic E-state index is 10.7. The van der Waals surface area contributed by atoms with Gasteiger partial charge in [-0.05, 0) is 37.6 Å². The zero-order valence-electron chi connectivity index (χ0n) is 11.3. The normalized spacial score (nSPS) is 19.6. The summed E-state index contributed by atoms with van der Waals surface area (Å²) in [5.74, 6) is 1.36. The van der Waals surface area contributed by atoms with Crippen molar-refractivity contribution >= 4 is 0 Å². The van der Waals surface area contributed by atoms with Crippen molar-refractivity contribution in [3.8, 4) is 11.5 Å². The fourth-order valence-electron chi connectivity index (χ4n) is 2.40. The van der Waals surface area contributed by atoms with E-state index in [0.29, 0.717) is 11.5 Å². The molecule has 2 rings (SSSR count). The standard InChI is InChI=1S/C14H21NO3/c1-15-8-6-14(16,7-9-15)11-4-5-12(17-2)13(10-11)18-3/h4-5,10,16H,6-9H2,1-3H3. The van der Waals surface area contributed by atoms with Crippen molar-refractivity contribution in [1.82, 2.24) is 4.90 Å². The van der Waals surface area contributed by atoms with Crippen molar-refractivity contribution in [1.29, 1.82) is 0 Å². The monoisotopic (exact) mass is 251 g/mol. The van der Waals surface area contributed by atoms with Crippen molar-refractivity contribution < 1.29 is 14.6 Å². The number of piperidine rings is 1. The van der Waals surface area contributed by atoms with Crippen molar-refractivity contribution in [3.63, 3.8) is 0 Å². The van der Waals surface area contributed by atoms with Crippen LogP contribution in [0.2, 0.25) is 0 Å². The third-order valence-corrected chi connectivity index (χ3v) is 3.74. The first-order chi connectivity index (χ1) is 8.59. The smallest absolute Gasteiger partial charge is 0.161 e. The topological polar surface area (TPSA) is 41.9 Å². The second-order valence-electron chi connectivity index (χ2n) is 4.90. The molecule has 1 aromatic rings. The zero-order valence-corrected chi connectivity index (χ0v) is 11.3. The lowest BCUT2D eigenvalue weighted by Crippen LogP contribution is -2.40. The minimum atomic E-state index is -0.744. The van der Waals surface area contributed by atoms with Crippen LogP contribution in [0.25, 0.3) is 0 Å². The largest absolute Gasteiger partial charge is 0.493 e. The Balaban J connectivity index is 2.27. The number of aliphatic hydroxyl groups is 1. The van der Waals surface area contributed by atoms with Crippen LogP contribution in [0.3, 0.4) is 0 Å². The second-order valence-corrected chi connectivity index (χ2v) is 4.90. The summed E-state index contributed by atoms with van der Waals surface area (Å²) in [5.41, 5.74) is 0.166. The van der Waals surface area contributed by atoms with Crippen molar-refractivity contribution in [3.05, 3.63) is 23.8 Å². The van der Waals surface area contributed by atoms with Gasteiger partial charge in [-0.25, -0.2) is 0 Å². The lowest BCUT2D eigenvalue weighted by atomic mass is 9.84. The lowest BCUT2D eigenvalue weighted by Gasteiger charge is -2.37. The molecule has 0 unspecified atom stereocenters. The average Bonchev–Trinajstić information content (AvgIpc) is 2.41. The molecule has 0 aromatic heterocycles. The number of hydrogen-bond donors (Lipinski definition) is 1. The molecular weight excluding hydrogens is 230 g/mol. The van der Waals surface area contributed by atoms with E-state index >= 15 is 0 Å². The third kappa shape index (κ3) is 2.44. The average molecular weight is 251 g/mol. The molecular formula is C14H21NO3. The van der Waals surface area contributed by atoms with Crippen LogP contribution in [0.1, 0.15) is 18.4 Å². The van der Waals surface area contributed by atoms with E-state index in [9.17, 15) is 5.11 Å². The first-order valence-corrected chi connectivity index (χ1v) is 6.22. The molecule has 0 atom stereocenters. The molecule has 1 saturated heterocycles. The Morgan fingerprint density at radius 2 is 1.72 bits per heavy atom. The molecule has 100 valence electrons. The van der Waals surface area contributed by atoms with Crippen molar-refractivity contribution in [2.75, 3.05) is 34.4 Å². The Kier molecular flexibility index (Phi) is 3.78. The van der Waals surface area contributed by atoms with E-state index in [1.54, 1.807) is 14.2 Å². The summed E-state index contributed by atoms with van der Waals surface area (Å²) in [5, 5.41) is 10.7. The summed E-state index contributed by atoms with van der Waals surface area (Å²) < 4.78 is 10.5. The highest BCUT2D eigenvalue weighted by molar-refractivity contribution is 5.44. The summed E-state index contributed by atoms with van der Waals surface area (Å²) in [4.78, 5) is 2.23. The predicted molar refractivity (Wildman–Crippen MR) is 70.2 cm³/mol. The first-order valence-electron chi connectivity index (χ1n) is 6.22. The van der Waals surface area contributed by atoms with E-state index in [-0.39, 0.29) is 0 Å². The van der Waals surface area contributed by atoms with E-state index in [1.165, 1.54) is 0 Å². The van der Waals surface area contributed by atoms with E-state index < -0.39 is 5.60 Å². The molecule has 18 heavy (non-hydrogen) atoms. The van der Waals surface area contributed by atoms with E-state index in [1.807, 2.05) is 18.2 Å². The van der Waals surface area contributed by atoms with Crippen molar-refractivity contribution in [2.24, 2.45) is 0 Å². The van der Waals surface area contributed by atoms with E-state index in [4.69, 9.17) is 9.47 Å². The van der Waals surface area contributed by atoms with Gasteiger partial charge in [0.1, 0.15) is 0 Å². The van der Waals surface area contributed by atoms with Crippen LogP contribution in [-0.2, 0) is 5.60 Å². The van der Waals surface area contributed by atoms with E-state index in [2.05, 4.69) is 11.9 Å². The molecule has 0 amide bonds. The molecule has 1 aliphatic rings. The number of hydrogen-bond acceptors (Lipinski definition) is 4. The summed E-state index contributed by atoms with van der Waals surface area (Å²) in [6, 6.07) is 5.65. The fourth-order valence-corrected chi connectivity index (χ4v) is 2.40. The maximum Gasteiger partial charge on any atom is 0.161 e. The molecule has 0 saturated carbocycles. The number of likely N-dealkylation sites (tertiary alicyclic amines) is 1. The number of rotatable bonds is 3. The highest BCUT2D eigenvalue weighted by atomic mass is 16.5. The Bertz CT molecular complexity index is 412. The summed E-state index contributed by atoms with van der Waals surface area (Å²) >= 11 is 0. The Labute approximate surface area is 108 Å². The molecule has 1 aliphatic heterocycles. The Morgan fingerprint density at radius 3 is 2.28 bits per heavy atom. The number of nitrogens with zero attached hydrogens (tertiary/aromatic N) is 1. The first kappa shape index (κ1) is 13.2. The number of benzene rings is 1. The van der Waals surface area contributed by atoms with Crippen LogP contribution >= 0.6 is 0 Å². The summed E-state index contributed by atoms with van der Waals surface area (Å²) in [6.07, 6.45) is 1.50. The maximum atomic E-state index is 10.7. The van der Waals surface area contributed by atoms with E-state index in [0.717, 1.165) is 31.5 Å². The molecule has 0 radical (unpaired) electrons. The molecule has 4 heteroatoms. The van der Waals surface area contributed by atoms with Crippen LogP contribution in [-0.4, -0.2) is 44.4 Å². The van der Waals surface area contributed by atoms with Gasteiger partial charge >= 0.3 is 0 Å². The fraction of sp³-hybridized carbons (Fsp3) is 0.571. The van der Waals surface area contributed by atoms with Crippen LogP contribution < -0.4 is 9.47 Å². The molecule has 1 fully saturated rings. The zero-order chi connectivity index (χ0) is 13.2. The number of methoxy groups -OCH3 is 2. The van der Waals surface area contributed by atoms with Gasteiger partial charge in [0.05, 0.1) is 19.8 Å². The second kappa shape index (κ2) is 5.16. The molecule has 0 bridgehead atoms. The summed E-state index contributed by atoms with van der Waals surface area (Å²) in [7, 11) is 5.30. The van der Waals surface area contributed by atoms with Gasteiger partial charge in [-0.1, -0.05) is 6.07 Å². The van der Waals surface area contributed by atoms with Gasteiger partial charge in [-0.3, -0.25) is 0 Å². The third-order valence-electron chi connectivity index (χ3n) is 3.74. The van der Waals surface area contributed by atoms with Gasteiger partial charge in [-0.2, -0.15) is 0 Å². The van der Waals surface area contributed by atoms with Gasteiger partial charge in [-0.15, -0.1) is 0 Å². The molecule has 1 heterocycles. The Hall–Kier alpha value is -1.26. The highest BCUT2D eigenvalue weighted by Crippen LogP contribution is 2.37. The highest BCUT2D eigenvalue weighted by Gasteiger charge is 2.33. The van der Waals surface area contributed by atoms with Crippen LogP contribution in [0.15, 0.2) is 18.2 Å². The molecule has 0 spiro atoms. The quantitative estimate of drug-likeness (QED) is 0.886. The molecule has 4 nitrogen and oxygen atoms in total. The minimum absolute atomic E-state index is 0.669. The van der Waals surface area contributed by atoms with Gasteiger partial charge in [0.15, 0.2) is 11.5 Å². The Morgan fingerprint density at radius 1 is 1.11 bits per heavy atom. The van der Waals surface area contributed by atoms with Crippen LogP contribution in [0, 0.1) is 0 Å². The van der Waals surface area contributed by atoms with Crippen molar-refractivity contribution in [2.45, 2.75) is 18.4 Å². The lowest BCUT2D eigenvalue weighted by molar-refractivity contribution is -0.0204. The van der Waals surface area contributed by atoms with Crippen LogP contribution in [0.4, 0.5) is 0 Å². The van der Waals surface area contributed by atoms with Gasteiger partial charge < -0.3 is 19.5 Å². The molecule has 0 aliphatic carbocycles. The number of ether oxygens (including phenoxy) is 2. The molecule has 1 aromatic carbocycles. The molecule has 1 N–H and O–H groups in total. The SMILES string of the molecule is COc1ccc(C2(O)CCN(C)CC2)cc1OC. The predicted octanol–water partition coefficient (Wildman–Crippen LogP) is 1.62. The minimum Gasteiger partial charge on any atom is -0.493 e. The summed E-state index contributed by atoms with van der Waals surface area (Å²) in [6.45, 7) is 1.82. The van der Waals surface area contributed by atoms with Gasteiger partial charge in [0, 0.05) is 13.1 Å².